The van der Waals surface area contributed by atoms with Crippen LogP contribution < -0.4 is 0 Å². The number of halogens is 1. The van der Waals surface area contributed by atoms with Gasteiger partial charge in [0.1, 0.15) is 0 Å². The van der Waals surface area contributed by atoms with E-state index in [2.05, 4.69) is 0 Å². The van der Waals surface area contributed by atoms with E-state index in [-0.39, 0.29) is 0 Å². The molecule has 88 valence electrons. The van der Waals surface area contributed by atoms with Gasteiger partial charge in [0.15, 0.2) is 0 Å². The number of hydrogen-bond donors (Lipinski definition) is 0. The van der Waals surface area contributed by atoms with Crippen LogP contribution in [0.15, 0.2) is 0 Å². The van der Waals surface area contributed by atoms with Crippen molar-refractivity contribution < 1.29 is 13.3 Å². The van der Waals surface area contributed by atoms with Crippen LogP contribution in [0.1, 0.15) is 34.1 Å². The van der Waals surface area contributed by atoms with Gasteiger partial charge >= 0.3 is 9.53 Å². The van der Waals surface area contributed by atoms with Crippen LogP contribution in [0.4, 0.5) is 0 Å². The van der Waals surface area contributed by atoms with Gasteiger partial charge in [0, 0.05) is 25.7 Å². The van der Waals surface area contributed by atoms with Crippen molar-refractivity contribution in [3.05, 3.63) is 0 Å². The highest BCUT2D eigenvalue weighted by Crippen LogP contribution is 1.91. The third-order valence-corrected chi connectivity index (χ3v) is 3.29. The standard InChI is InChI=1S/C6H16O3Si.C3H7Cl/c1-4-7-10(8-5-2)9-6-3;1-2-3-4/h10H,4-6H2,1-3H3;2-3H2,1H3. The smallest absolute Gasteiger partial charge is 0.376 e. The minimum atomic E-state index is -1.73. The molecule has 0 aromatic carbocycles. The predicted octanol–water partition coefficient (Wildman–Crippen LogP) is 2.45. The number of hydrogen-bond acceptors (Lipinski definition) is 3. The van der Waals surface area contributed by atoms with Crippen molar-refractivity contribution in [1.82, 2.24) is 0 Å². The molecule has 0 spiro atoms. The lowest BCUT2D eigenvalue weighted by Crippen LogP contribution is -2.27. The molecule has 0 rings (SSSR count). The molecular formula is C9H23ClO3Si. The molecule has 0 aliphatic carbocycles. The normalized spacial score (nSPS) is 9.86. The van der Waals surface area contributed by atoms with Gasteiger partial charge < -0.3 is 13.3 Å². The van der Waals surface area contributed by atoms with Gasteiger partial charge in [0.05, 0.1) is 0 Å². The summed E-state index contributed by atoms with van der Waals surface area (Å²) in [4.78, 5) is 0. The molecule has 0 radical (unpaired) electrons. The van der Waals surface area contributed by atoms with Crippen molar-refractivity contribution in [1.29, 1.82) is 0 Å². The van der Waals surface area contributed by atoms with Crippen molar-refractivity contribution in [3.63, 3.8) is 0 Å². The highest BCUT2D eigenvalue weighted by Gasteiger charge is 2.11. The Hall–Kier alpha value is 0.387. The molecule has 0 bridgehead atoms. The van der Waals surface area contributed by atoms with E-state index in [0.29, 0.717) is 19.8 Å². The van der Waals surface area contributed by atoms with E-state index in [1.807, 2.05) is 27.7 Å². The van der Waals surface area contributed by atoms with E-state index in [0.717, 1.165) is 12.3 Å². The van der Waals surface area contributed by atoms with Crippen LogP contribution in [0.3, 0.4) is 0 Å². The quantitative estimate of drug-likeness (QED) is 0.507. The lowest BCUT2D eigenvalue weighted by atomic mass is 10.6. The Morgan fingerprint density at radius 2 is 1.14 bits per heavy atom. The van der Waals surface area contributed by atoms with Gasteiger partial charge in [-0.1, -0.05) is 6.92 Å². The first-order valence-electron chi connectivity index (χ1n) is 5.17. The first-order chi connectivity index (χ1) is 6.76. The molecule has 0 unspecified atom stereocenters. The molecule has 5 heteroatoms. The fourth-order valence-electron chi connectivity index (χ4n) is 0.553. The second kappa shape index (κ2) is 15.8. The molecule has 0 aromatic heterocycles. The van der Waals surface area contributed by atoms with Gasteiger partial charge in [-0.3, -0.25) is 0 Å². The largest absolute Gasteiger partial charge is 0.484 e. The Bertz CT molecular complexity index is 79.9. The molecule has 0 saturated heterocycles. The summed E-state index contributed by atoms with van der Waals surface area (Å²) in [5.41, 5.74) is 0. The fraction of sp³-hybridized carbons (Fsp3) is 1.00. The van der Waals surface area contributed by atoms with Gasteiger partial charge in [-0.15, -0.1) is 11.6 Å². The monoisotopic (exact) mass is 242 g/mol. The van der Waals surface area contributed by atoms with Crippen LogP contribution >= 0.6 is 11.6 Å². The van der Waals surface area contributed by atoms with Crippen LogP contribution in [-0.4, -0.2) is 35.2 Å². The molecule has 0 aliphatic rings. The summed E-state index contributed by atoms with van der Waals surface area (Å²) in [6, 6.07) is 0. The molecule has 0 atom stereocenters. The Morgan fingerprint density at radius 3 is 1.29 bits per heavy atom. The fourth-order valence-corrected chi connectivity index (χ4v) is 1.66. The molecule has 0 aromatic rings. The van der Waals surface area contributed by atoms with E-state index >= 15 is 0 Å². The van der Waals surface area contributed by atoms with Gasteiger partial charge in [-0.05, 0) is 27.2 Å². The molecule has 0 heterocycles. The van der Waals surface area contributed by atoms with Crippen molar-refractivity contribution >= 4 is 21.1 Å². The zero-order chi connectivity index (χ0) is 11.2. The summed E-state index contributed by atoms with van der Waals surface area (Å²) in [5, 5.41) is 0. The van der Waals surface area contributed by atoms with E-state index in [1.165, 1.54) is 0 Å². The maximum atomic E-state index is 5.22. The van der Waals surface area contributed by atoms with E-state index in [4.69, 9.17) is 24.9 Å². The summed E-state index contributed by atoms with van der Waals surface area (Å²) >= 11 is 5.19. The Morgan fingerprint density at radius 1 is 0.857 bits per heavy atom. The summed E-state index contributed by atoms with van der Waals surface area (Å²) in [6.07, 6.45) is 1.08. The third kappa shape index (κ3) is 14.9. The predicted molar refractivity (Wildman–Crippen MR) is 63.0 cm³/mol. The molecule has 0 saturated carbocycles. The first kappa shape index (κ1) is 16.8. The molecule has 0 N–H and O–H groups in total. The van der Waals surface area contributed by atoms with Crippen molar-refractivity contribution in [2.45, 2.75) is 34.1 Å². The van der Waals surface area contributed by atoms with Gasteiger partial charge in [0.25, 0.3) is 0 Å². The second-order valence-electron chi connectivity index (χ2n) is 2.34. The zero-order valence-corrected chi connectivity index (χ0v) is 11.6. The van der Waals surface area contributed by atoms with E-state index in [9.17, 15) is 0 Å². The Kier molecular flexibility index (Phi) is 19.0. The molecule has 0 fully saturated rings. The molecule has 14 heavy (non-hydrogen) atoms. The highest BCUT2D eigenvalue weighted by molar-refractivity contribution is 6.36. The maximum Gasteiger partial charge on any atom is 0.484 e. The van der Waals surface area contributed by atoms with Gasteiger partial charge in [-0.25, -0.2) is 0 Å². The Balaban J connectivity index is 0. The summed E-state index contributed by atoms with van der Waals surface area (Å²) in [6.45, 7) is 9.91. The van der Waals surface area contributed by atoms with Crippen molar-refractivity contribution in [2.24, 2.45) is 0 Å². The summed E-state index contributed by atoms with van der Waals surface area (Å²) < 4.78 is 15.7. The maximum absolute atomic E-state index is 5.22. The molecular weight excluding hydrogens is 220 g/mol. The van der Waals surface area contributed by atoms with Crippen LogP contribution in [0.5, 0.6) is 0 Å². The van der Waals surface area contributed by atoms with Gasteiger partial charge in [0.2, 0.25) is 0 Å². The first-order valence-corrected chi connectivity index (χ1v) is 7.12. The number of alkyl halides is 1. The zero-order valence-electron chi connectivity index (χ0n) is 9.72. The Labute approximate surface area is 94.7 Å². The lowest BCUT2D eigenvalue weighted by molar-refractivity contribution is 0.107. The average molecular weight is 243 g/mol. The van der Waals surface area contributed by atoms with Crippen LogP contribution in [0.2, 0.25) is 0 Å². The van der Waals surface area contributed by atoms with E-state index in [1.54, 1.807) is 0 Å². The summed E-state index contributed by atoms with van der Waals surface area (Å²) in [5.74, 6) is 0.792. The van der Waals surface area contributed by atoms with Gasteiger partial charge in [-0.2, -0.15) is 0 Å². The van der Waals surface area contributed by atoms with Crippen molar-refractivity contribution in [2.75, 3.05) is 25.7 Å². The highest BCUT2D eigenvalue weighted by atomic mass is 35.5. The minimum Gasteiger partial charge on any atom is -0.376 e. The number of rotatable bonds is 7. The van der Waals surface area contributed by atoms with Crippen LogP contribution in [-0.2, 0) is 13.3 Å². The van der Waals surface area contributed by atoms with Crippen LogP contribution in [0.25, 0.3) is 0 Å². The SMILES string of the molecule is CCCCl.CCO[SiH](OCC)OCC. The van der Waals surface area contributed by atoms with E-state index < -0.39 is 9.53 Å². The topological polar surface area (TPSA) is 27.7 Å². The minimum absolute atomic E-state index is 0.677. The molecule has 3 nitrogen and oxygen atoms in total. The summed E-state index contributed by atoms with van der Waals surface area (Å²) in [7, 11) is -1.73. The van der Waals surface area contributed by atoms with Crippen LogP contribution in [0, 0.1) is 0 Å². The lowest BCUT2D eigenvalue weighted by Gasteiger charge is -2.12. The third-order valence-electron chi connectivity index (χ3n) is 1.10. The molecule has 0 aliphatic heterocycles. The average Bonchev–Trinajstić information content (AvgIpc) is 2.20. The molecule has 0 amide bonds. The second-order valence-corrected chi connectivity index (χ2v) is 4.30. The van der Waals surface area contributed by atoms with Crippen molar-refractivity contribution in [3.8, 4) is 0 Å².